The van der Waals surface area contributed by atoms with Gasteiger partial charge in [-0.15, -0.1) is 11.3 Å². The maximum atomic E-state index is 11.9. The van der Waals surface area contributed by atoms with Gasteiger partial charge in [0.2, 0.25) is 0 Å². The fourth-order valence-electron chi connectivity index (χ4n) is 1.55. The second-order valence-corrected chi connectivity index (χ2v) is 5.57. The van der Waals surface area contributed by atoms with E-state index in [1.807, 2.05) is 5.38 Å². The standard InChI is InChI=1S/C13H17N3O3S/c1-4-18-11(17)13(2,3)10-8-20-12(16-10)14-7-9-5-6-15-19-9/h5-6,8H,4,7H2,1-3H3,(H,14,16). The lowest BCUT2D eigenvalue weighted by Crippen LogP contribution is -2.31. The Morgan fingerprint density at radius 1 is 1.55 bits per heavy atom. The number of thiazole rings is 1. The van der Waals surface area contributed by atoms with Crippen LogP contribution in [0, 0.1) is 0 Å². The first-order valence-corrected chi connectivity index (χ1v) is 7.18. The molecule has 0 aliphatic carbocycles. The molecule has 2 aromatic heterocycles. The second kappa shape index (κ2) is 6.04. The highest BCUT2D eigenvalue weighted by molar-refractivity contribution is 7.13. The van der Waals surface area contributed by atoms with E-state index < -0.39 is 5.41 Å². The number of rotatable bonds is 6. The van der Waals surface area contributed by atoms with Gasteiger partial charge in [-0.1, -0.05) is 5.16 Å². The summed E-state index contributed by atoms with van der Waals surface area (Å²) in [5.74, 6) is 0.457. The highest BCUT2D eigenvalue weighted by atomic mass is 32.1. The van der Waals surface area contributed by atoms with Crippen LogP contribution in [0.1, 0.15) is 32.2 Å². The Morgan fingerprint density at radius 3 is 3.00 bits per heavy atom. The van der Waals surface area contributed by atoms with Gasteiger partial charge in [-0.05, 0) is 20.8 Å². The minimum absolute atomic E-state index is 0.271. The molecule has 108 valence electrons. The third-order valence-corrected chi connectivity index (χ3v) is 3.64. The molecule has 0 fully saturated rings. The van der Waals surface area contributed by atoms with E-state index >= 15 is 0 Å². The summed E-state index contributed by atoms with van der Waals surface area (Å²) in [6, 6.07) is 1.78. The largest absolute Gasteiger partial charge is 0.465 e. The molecule has 20 heavy (non-hydrogen) atoms. The molecule has 0 atom stereocenters. The molecule has 2 rings (SSSR count). The summed E-state index contributed by atoms with van der Waals surface area (Å²) < 4.78 is 10.1. The van der Waals surface area contributed by atoms with Crippen molar-refractivity contribution in [3.8, 4) is 0 Å². The van der Waals surface area contributed by atoms with Crippen molar-refractivity contribution in [1.82, 2.24) is 10.1 Å². The number of nitrogens with one attached hydrogen (secondary N) is 1. The molecule has 0 aliphatic rings. The molecule has 0 radical (unpaired) electrons. The Balaban J connectivity index is 2.02. The van der Waals surface area contributed by atoms with Crippen LogP contribution < -0.4 is 5.32 Å². The molecule has 0 amide bonds. The lowest BCUT2D eigenvalue weighted by Gasteiger charge is -2.19. The highest BCUT2D eigenvalue weighted by Gasteiger charge is 2.33. The van der Waals surface area contributed by atoms with E-state index in [1.54, 1.807) is 33.0 Å². The summed E-state index contributed by atoms with van der Waals surface area (Å²) in [6.45, 7) is 6.27. The fraction of sp³-hybridized carbons (Fsp3) is 0.462. The molecule has 0 bridgehead atoms. The fourth-order valence-corrected chi connectivity index (χ4v) is 2.43. The van der Waals surface area contributed by atoms with Crippen molar-refractivity contribution < 1.29 is 14.1 Å². The first-order valence-electron chi connectivity index (χ1n) is 6.30. The number of nitrogens with zero attached hydrogens (tertiary/aromatic N) is 2. The Hall–Kier alpha value is -1.89. The molecule has 0 aliphatic heterocycles. The van der Waals surface area contributed by atoms with E-state index in [0.29, 0.717) is 18.8 Å². The van der Waals surface area contributed by atoms with Crippen LogP contribution in [0.15, 0.2) is 22.2 Å². The smallest absolute Gasteiger partial charge is 0.317 e. The first kappa shape index (κ1) is 14.5. The second-order valence-electron chi connectivity index (χ2n) is 4.72. The summed E-state index contributed by atoms with van der Waals surface area (Å²) >= 11 is 1.44. The van der Waals surface area contributed by atoms with Crippen LogP contribution >= 0.6 is 11.3 Å². The van der Waals surface area contributed by atoms with E-state index in [0.717, 1.165) is 10.9 Å². The number of anilines is 1. The zero-order chi connectivity index (χ0) is 14.6. The van der Waals surface area contributed by atoms with Crippen molar-refractivity contribution in [3.63, 3.8) is 0 Å². The Labute approximate surface area is 121 Å². The van der Waals surface area contributed by atoms with Crippen LogP contribution in [0.2, 0.25) is 0 Å². The molecule has 0 unspecified atom stereocenters. The molecular formula is C13H17N3O3S. The van der Waals surface area contributed by atoms with Crippen molar-refractivity contribution in [2.45, 2.75) is 32.7 Å². The molecule has 7 heteroatoms. The summed E-state index contributed by atoms with van der Waals surface area (Å²) in [4.78, 5) is 16.3. The molecule has 0 saturated heterocycles. The summed E-state index contributed by atoms with van der Waals surface area (Å²) in [6.07, 6.45) is 1.59. The first-order chi connectivity index (χ1) is 9.54. The number of esters is 1. The van der Waals surface area contributed by atoms with Gasteiger partial charge in [0.25, 0.3) is 0 Å². The topological polar surface area (TPSA) is 77.2 Å². The van der Waals surface area contributed by atoms with Crippen molar-refractivity contribution in [2.24, 2.45) is 0 Å². The molecule has 1 N–H and O–H groups in total. The van der Waals surface area contributed by atoms with Crippen LogP contribution in [0.3, 0.4) is 0 Å². The zero-order valence-electron chi connectivity index (χ0n) is 11.7. The molecule has 0 aromatic carbocycles. The normalized spacial score (nSPS) is 11.3. The number of carbonyl (C=O) groups is 1. The van der Waals surface area contributed by atoms with E-state index in [-0.39, 0.29) is 5.97 Å². The maximum absolute atomic E-state index is 11.9. The lowest BCUT2D eigenvalue weighted by molar-refractivity contribution is -0.148. The van der Waals surface area contributed by atoms with Crippen molar-refractivity contribution in [3.05, 3.63) is 29.1 Å². The van der Waals surface area contributed by atoms with Crippen molar-refractivity contribution >= 4 is 22.4 Å². The van der Waals surface area contributed by atoms with Gasteiger partial charge in [0, 0.05) is 11.4 Å². The number of hydrogen-bond acceptors (Lipinski definition) is 7. The van der Waals surface area contributed by atoms with Gasteiger partial charge < -0.3 is 14.6 Å². The van der Waals surface area contributed by atoms with Crippen LogP contribution in [0.4, 0.5) is 5.13 Å². The van der Waals surface area contributed by atoms with Gasteiger partial charge in [0.1, 0.15) is 5.41 Å². The molecule has 2 heterocycles. The molecule has 0 spiro atoms. The third-order valence-electron chi connectivity index (χ3n) is 2.84. The number of aromatic nitrogens is 2. The monoisotopic (exact) mass is 295 g/mol. The number of ether oxygens (including phenoxy) is 1. The summed E-state index contributed by atoms with van der Waals surface area (Å²) in [7, 11) is 0. The molecule has 0 saturated carbocycles. The quantitative estimate of drug-likeness (QED) is 0.825. The average molecular weight is 295 g/mol. The summed E-state index contributed by atoms with van der Waals surface area (Å²) in [5.41, 5.74) is -0.0559. The van der Waals surface area contributed by atoms with Crippen molar-refractivity contribution in [2.75, 3.05) is 11.9 Å². The Bertz CT molecular complexity index is 563. The predicted octanol–water partition coefficient (Wildman–Crippen LogP) is 2.58. The van der Waals surface area contributed by atoms with Gasteiger partial charge in [0.05, 0.1) is 25.0 Å². The van der Waals surface area contributed by atoms with Crippen LogP contribution in [0.5, 0.6) is 0 Å². The third kappa shape index (κ3) is 3.16. The predicted molar refractivity (Wildman–Crippen MR) is 75.6 cm³/mol. The van der Waals surface area contributed by atoms with Gasteiger partial charge >= 0.3 is 5.97 Å². The minimum atomic E-state index is -0.751. The van der Waals surface area contributed by atoms with E-state index in [9.17, 15) is 4.79 Å². The average Bonchev–Trinajstić information content (AvgIpc) is 3.08. The van der Waals surface area contributed by atoms with Gasteiger partial charge in [-0.3, -0.25) is 4.79 Å². The van der Waals surface area contributed by atoms with Crippen LogP contribution in [0.25, 0.3) is 0 Å². The molecular weight excluding hydrogens is 278 g/mol. The minimum Gasteiger partial charge on any atom is -0.465 e. The SMILES string of the molecule is CCOC(=O)C(C)(C)c1csc(NCc2ccno2)n1. The zero-order valence-corrected chi connectivity index (χ0v) is 12.5. The maximum Gasteiger partial charge on any atom is 0.317 e. The van der Waals surface area contributed by atoms with Crippen LogP contribution in [-0.2, 0) is 21.5 Å². The Kier molecular flexibility index (Phi) is 4.39. The number of carbonyl (C=O) groups excluding carboxylic acids is 1. The Morgan fingerprint density at radius 2 is 2.35 bits per heavy atom. The van der Waals surface area contributed by atoms with Crippen LogP contribution in [-0.4, -0.2) is 22.7 Å². The van der Waals surface area contributed by atoms with E-state index in [2.05, 4.69) is 15.5 Å². The van der Waals surface area contributed by atoms with Gasteiger partial charge in [-0.2, -0.15) is 0 Å². The molecule has 6 nitrogen and oxygen atoms in total. The van der Waals surface area contributed by atoms with E-state index in [1.165, 1.54) is 11.3 Å². The van der Waals surface area contributed by atoms with Gasteiger partial charge in [-0.25, -0.2) is 4.98 Å². The van der Waals surface area contributed by atoms with E-state index in [4.69, 9.17) is 9.26 Å². The lowest BCUT2D eigenvalue weighted by atomic mass is 9.90. The highest BCUT2D eigenvalue weighted by Crippen LogP contribution is 2.28. The van der Waals surface area contributed by atoms with Crippen molar-refractivity contribution in [1.29, 1.82) is 0 Å². The summed E-state index contributed by atoms with van der Waals surface area (Å²) in [5, 5.41) is 9.35. The molecule has 2 aromatic rings. The van der Waals surface area contributed by atoms with Gasteiger partial charge in [0.15, 0.2) is 10.9 Å². The number of hydrogen-bond donors (Lipinski definition) is 1.